The fraction of sp³-hybridized carbons (Fsp3) is 0.235. The molecule has 2 rings (SSSR count). The van der Waals surface area contributed by atoms with Crippen molar-refractivity contribution in [2.75, 3.05) is 7.11 Å². The molecule has 21 heavy (non-hydrogen) atoms. The van der Waals surface area contributed by atoms with Gasteiger partial charge in [-0.15, -0.1) is 0 Å². The third kappa shape index (κ3) is 3.34. The van der Waals surface area contributed by atoms with Crippen LogP contribution in [0.3, 0.4) is 0 Å². The molecule has 2 aromatic rings. The van der Waals surface area contributed by atoms with Crippen LogP contribution in [0.5, 0.6) is 11.5 Å². The van der Waals surface area contributed by atoms with E-state index in [2.05, 4.69) is 0 Å². The lowest BCUT2D eigenvalue weighted by Crippen LogP contribution is -2.06. The van der Waals surface area contributed by atoms with Gasteiger partial charge in [-0.05, 0) is 38.1 Å². The summed E-state index contributed by atoms with van der Waals surface area (Å²) in [6.45, 7) is 3.89. The Hall–Kier alpha value is -2.49. The second-order valence-electron chi connectivity index (χ2n) is 4.88. The van der Waals surface area contributed by atoms with Gasteiger partial charge in [0.25, 0.3) is 0 Å². The van der Waals surface area contributed by atoms with E-state index in [-0.39, 0.29) is 11.7 Å². The molecule has 0 atom stereocenters. The molecule has 0 unspecified atom stereocenters. The third-order valence-corrected chi connectivity index (χ3v) is 2.99. The van der Waals surface area contributed by atoms with Gasteiger partial charge in [0.15, 0.2) is 0 Å². The lowest BCUT2D eigenvalue weighted by atomic mass is 10.0. The largest absolute Gasteiger partial charge is 0.496 e. The Morgan fingerprint density at radius 1 is 1.05 bits per heavy atom. The highest BCUT2D eigenvalue weighted by Gasteiger charge is 2.14. The molecule has 0 spiro atoms. The van der Waals surface area contributed by atoms with Crippen molar-refractivity contribution in [1.29, 1.82) is 0 Å². The molecule has 2 aromatic carbocycles. The molecular formula is C17H18O4. The zero-order valence-corrected chi connectivity index (χ0v) is 12.3. The van der Waals surface area contributed by atoms with Crippen LogP contribution >= 0.6 is 0 Å². The van der Waals surface area contributed by atoms with E-state index >= 15 is 0 Å². The van der Waals surface area contributed by atoms with Crippen LogP contribution in [0.25, 0.3) is 11.1 Å². The van der Waals surface area contributed by atoms with E-state index in [1.165, 1.54) is 6.07 Å². The molecular weight excluding hydrogens is 268 g/mol. The first-order chi connectivity index (χ1) is 10.0. The van der Waals surface area contributed by atoms with Gasteiger partial charge < -0.3 is 14.6 Å². The first kappa shape index (κ1) is 14.9. The lowest BCUT2D eigenvalue weighted by molar-refractivity contribution is 0.0697. The SMILES string of the molecule is COc1ccc(C(=O)O)cc1-c1ccccc1OC(C)C. The smallest absolute Gasteiger partial charge is 0.335 e. The van der Waals surface area contributed by atoms with E-state index in [0.717, 1.165) is 5.56 Å². The number of aromatic carboxylic acids is 1. The number of rotatable bonds is 5. The summed E-state index contributed by atoms with van der Waals surface area (Å²) < 4.78 is 11.1. The summed E-state index contributed by atoms with van der Waals surface area (Å²) in [4.78, 5) is 11.2. The fourth-order valence-electron chi connectivity index (χ4n) is 2.10. The summed E-state index contributed by atoms with van der Waals surface area (Å²) in [7, 11) is 1.56. The summed E-state index contributed by atoms with van der Waals surface area (Å²) in [5.74, 6) is 0.342. The van der Waals surface area contributed by atoms with Crippen LogP contribution in [0.1, 0.15) is 24.2 Å². The van der Waals surface area contributed by atoms with Crippen LogP contribution in [0.15, 0.2) is 42.5 Å². The Labute approximate surface area is 123 Å². The average molecular weight is 286 g/mol. The van der Waals surface area contributed by atoms with Gasteiger partial charge in [0, 0.05) is 11.1 Å². The number of ether oxygens (including phenoxy) is 2. The Balaban J connectivity index is 2.59. The molecule has 0 aromatic heterocycles. The molecule has 0 heterocycles. The van der Waals surface area contributed by atoms with Crippen molar-refractivity contribution >= 4 is 5.97 Å². The van der Waals surface area contributed by atoms with E-state index in [1.54, 1.807) is 19.2 Å². The van der Waals surface area contributed by atoms with E-state index in [4.69, 9.17) is 14.6 Å². The predicted octanol–water partition coefficient (Wildman–Crippen LogP) is 3.85. The molecule has 4 nitrogen and oxygen atoms in total. The third-order valence-electron chi connectivity index (χ3n) is 2.99. The molecule has 0 saturated carbocycles. The van der Waals surface area contributed by atoms with Crippen molar-refractivity contribution in [3.63, 3.8) is 0 Å². The summed E-state index contributed by atoms with van der Waals surface area (Å²) >= 11 is 0. The van der Waals surface area contributed by atoms with Crippen LogP contribution in [0.4, 0.5) is 0 Å². The van der Waals surface area contributed by atoms with Gasteiger partial charge in [0.2, 0.25) is 0 Å². The molecule has 0 aliphatic heterocycles. The molecule has 1 N–H and O–H groups in total. The monoisotopic (exact) mass is 286 g/mol. The summed E-state index contributed by atoms with van der Waals surface area (Å²) in [5.41, 5.74) is 1.73. The highest BCUT2D eigenvalue weighted by Crippen LogP contribution is 2.37. The molecule has 0 aliphatic carbocycles. The van der Waals surface area contributed by atoms with Crippen LogP contribution in [0.2, 0.25) is 0 Å². The van der Waals surface area contributed by atoms with Gasteiger partial charge in [-0.3, -0.25) is 0 Å². The highest BCUT2D eigenvalue weighted by atomic mass is 16.5. The van der Waals surface area contributed by atoms with Crippen molar-refractivity contribution in [1.82, 2.24) is 0 Å². The second kappa shape index (κ2) is 6.31. The minimum Gasteiger partial charge on any atom is -0.496 e. The Morgan fingerprint density at radius 3 is 2.38 bits per heavy atom. The molecule has 4 heteroatoms. The first-order valence-corrected chi connectivity index (χ1v) is 6.70. The Kier molecular flexibility index (Phi) is 4.48. The van der Waals surface area contributed by atoms with Crippen LogP contribution in [-0.2, 0) is 0 Å². The standard InChI is InChI=1S/C17H18O4/c1-11(2)21-16-7-5-4-6-13(16)14-10-12(17(18)19)8-9-15(14)20-3/h4-11H,1-3H3,(H,18,19). The quantitative estimate of drug-likeness (QED) is 0.907. The maximum atomic E-state index is 11.2. The number of carbonyl (C=O) groups is 1. The van der Waals surface area contributed by atoms with Gasteiger partial charge in [-0.25, -0.2) is 4.79 Å². The molecule has 0 fully saturated rings. The van der Waals surface area contributed by atoms with E-state index in [1.807, 2.05) is 38.1 Å². The molecule has 0 aliphatic rings. The number of hydrogen-bond donors (Lipinski definition) is 1. The fourth-order valence-corrected chi connectivity index (χ4v) is 2.10. The number of para-hydroxylation sites is 1. The highest BCUT2D eigenvalue weighted by molar-refractivity contribution is 5.91. The zero-order chi connectivity index (χ0) is 15.4. The molecule has 110 valence electrons. The maximum absolute atomic E-state index is 11.2. The first-order valence-electron chi connectivity index (χ1n) is 6.70. The summed E-state index contributed by atoms with van der Waals surface area (Å²) in [6.07, 6.45) is 0.0276. The van der Waals surface area contributed by atoms with Crippen molar-refractivity contribution in [2.24, 2.45) is 0 Å². The van der Waals surface area contributed by atoms with Crippen molar-refractivity contribution in [3.05, 3.63) is 48.0 Å². The van der Waals surface area contributed by atoms with Gasteiger partial charge in [-0.2, -0.15) is 0 Å². The minimum atomic E-state index is -0.971. The topological polar surface area (TPSA) is 55.8 Å². The molecule has 0 radical (unpaired) electrons. The normalized spacial score (nSPS) is 10.5. The number of carboxylic acids is 1. The van der Waals surface area contributed by atoms with Gasteiger partial charge in [-0.1, -0.05) is 18.2 Å². The number of hydrogen-bond acceptors (Lipinski definition) is 3. The Morgan fingerprint density at radius 2 is 1.76 bits per heavy atom. The summed E-state index contributed by atoms with van der Waals surface area (Å²) in [6, 6.07) is 12.3. The van der Waals surface area contributed by atoms with Crippen molar-refractivity contribution < 1.29 is 19.4 Å². The summed E-state index contributed by atoms with van der Waals surface area (Å²) in [5, 5.41) is 9.16. The van der Waals surface area contributed by atoms with Gasteiger partial charge in [0.1, 0.15) is 11.5 Å². The van der Waals surface area contributed by atoms with Crippen LogP contribution in [-0.4, -0.2) is 24.3 Å². The van der Waals surface area contributed by atoms with Crippen molar-refractivity contribution in [2.45, 2.75) is 20.0 Å². The van der Waals surface area contributed by atoms with E-state index in [0.29, 0.717) is 17.1 Å². The number of carboxylic acid groups (broad SMARTS) is 1. The maximum Gasteiger partial charge on any atom is 0.335 e. The van der Waals surface area contributed by atoms with E-state index in [9.17, 15) is 4.79 Å². The van der Waals surface area contributed by atoms with E-state index < -0.39 is 5.97 Å². The van der Waals surface area contributed by atoms with Crippen LogP contribution in [0, 0.1) is 0 Å². The van der Waals surface area contributed by atoms with Crippen molar-refractivity contribution in [3.8, 4) is 22.6 Å². The number of benzene rings is 2. The number of methoxy groups -OCH3 is 1. The molecule has 0 amide bonds. The van der Waals surface area contributed by atoms with Crippen LogP contribution < -0.4 is 9.47 Å². The van der Waals surface area contributed by atoms with Gasteiger partial charge in [0.05, 0.1) is 18.8 Å². The zero-order valence-electron chi connectivity index (χ0n) is 12.3. The van der Waals surface area contributed by atoms with Gasteiger partial charge >= 0.3 is 5.97 Å². The Bertz CT molecular complexity index is 647. The predicted molar refractivity (Wildman–Crippen MR) is 81.2 cm³/mol. The molecule has 0 bridgehead atoms. The second-order valence-corrected chi connectivity index (χ2v) is 4.88. The average Bonchev–Trinajstić information content (AvgIpc) is 2.46. The molecule has 0 saturated heterocycles. The lowest BCUT2D eigenvalue weighted by Gasteiger charge is -2.16. The minimum absolute atomic E-state index is 0.0276.